The number of likely N-dealkylation sites (tertiary alicyclic amines) is 1. The van der Waals surface area contributed by atoms with E-state index in [0.29, 0.717) is 36.1 Å². The van der Waals surface area contributed by atoms with Crippen molar-refractivity contribution in [1.82, 2.24) is 9.47 Å². The van der Waals surface area contributed by atoms with Crippen LogP contribution in [0.1, 0.15) is 63.1 Å². The van der Waals surface area contributed by atoms with Crippen molar-refractivity contribution in [3.63, 3.8) is 0 Å². The molecule has 5 nitrogen and oxygen atoms in total. The lowest BCUT2D eigenvalue weighted by molar-refractivity contribution is -0.133. The van der Waals surface area contributed by atoms with Gasteiger partial charge >= 0.3 is 0 Å². The fourth-order valence-electron chi connectivity index (χ4n) is 4.64. The quantitative estimate of drug-likeness (QED) is 0.804. The highest BCUT2D eigenvalue weighted by Gasteiger charge is 2.35. The van der Waals surface area contributed by atoms with E-state index >= 15 is 0 Å². The Morgan fingerprint density at radius 1 is 1.12 bits per heavy atom. The molecule has 0 N–H and O–H groups in total. The Morgan fingerprint density at radius 2 is 1.85 bits per heavy atom. The van der Waals surface area contributed by atoms with Gasteiger partial charge in [0.15, 0.2) is 5.75 Å². The average molecular weight is 379 g/mol. The topological polar surface area (TPSA) is 51.5 Å². The van der Waals surface area contributed by atoms with Gasteiger partial charge in [-0.2, -0.15) is 0 Å². The minimum atomic E-state index is -0.425. The minimum absolute atomic E-state index is 0.0591. The number of rotatable bonds is 4. The van der Waals surface area contributed by atoms with E-state index in [9.17, 15) is 9.59 Å². The Labute approximate surface area is 159 Å². The van der Waals surface area contributed by atoms with E-state index in [0.717, 1.165) is 44.5 Å². The Kier molecular flexibility index (Phi) is 5.25. The van der Waals surface area contributed by atoms with Crippen molar-refractivity contribution < 1.29 is 9.53 Å². The van der Waals surface area contributed by atoms with Crippen LogP contribution < -0.4 is 10.3 Å². The molecule has 0 aromatic carbocycles. The summed E-state index contributed by atoms with van der Waals surface area (Å²) in [5.41, 5.74) is 0.578. The third kappa shape index (κ3) is 3.38. The monoisotopic (exact) mass is 378 g/mol. The zero-order valence-electron chi connectivity index (χ0n) is 15.2. The summed E-state index contributed by atoms with van der Waals surface area (Å²) in [6.45, 7) is 2.16. The summed E-state index contributed by atoms with van der Waals surface area (Å²) in [5, 5.41) is 0.542. The van der Waals surface area contributed by atoms with Gasteiger partial charge in [0.1, 0.15) is 6.04 Å². The minimum Gasteiger partial charge on any atom is -0.488 e. The summed E-state index contributed by atoms with van der Waals surface area (Å²) in [5.74, 6) is 0.872. The number of halogens is 1. The van der Waals surface area contributed by atoms with Crippen molar-refractivity contribution in [2.45, 2.75) is 63.8 Å². The van der Waals surface area contributed by atoms with Crippen LogP contribution in [0, 0.1) is 5.92 Å². The molecule has 1 aliphatic carbocycles. The standard InChI is InChI=1S/C20H27ClN2O3/c21-15-12-18(26-13-14-6-2-1-3-7-14)20(25)23-16(15)8-9-17(23)19(24)22-10-4-5-11-22/h12,14,17H,1-11,13H2/t17-/m0/s1. The van der Waals surface area contributed by atoms with E-state index in [4.69, 9.17) is 16.3 Å². The van der Waals surface area contributed by atoms with Crippen molar-refractivity contribution >= 4 is 17.5 Å². The van der Waals surface area contributed by atoms with Crippen LogP contribution in [0.4, 0.5) is 0 Å². The van der Waals surface area contributed by atoms with Gasteiger partial charge in [0, 0.05) is 24.8 Å². The maximum absolute atomic E-state index is 13.0. The number of carbonyl (C=O) groups is 1. The normalized spacial score (nSPS) is 23.3. The van der Waals surface area contributed by atoms with E-state index in [2.05, 4.69) is 0 Å². The molecule has 0 unspecified atom stereocenters. The number of aromatic nitrogens is 1. The third-order valence-electron chi connectivity index (χ3n) is 6.12. The number of hydrogen-bond acceptors (Lipinski definition) is 3. The fourth-order valence-corrected chi connectivity index (χ4v) is 4.92. The van der Waals surface area contributed by atoms with Gasteiger partial charge in [-0.25, -0.2) is 0 Å². The van der Waals surface area contributed by atoms with Crippen LogP contribution in [0.25, 0.3) is 0 Å². The van der Waals surface area contributed by atoms with Gasteiger partial charge in [0.2, 0.25) is 5.91 Å². The van der Waals surface area contributed by atoms with Crippen LogP contribution in [0.5, 0.6) is 5.75 Å². The second-order valence-corrected chi connectivity index (χ2v) is 8.29. The molecule has 6 heteroatoms. The molecule has 1 aromatic rings. The molecule has 3 heterocycles. The van der Waals surface area contributed by atoms with Gasteiger partial charge in [-0.1, -0.05) is 30.9 Å². The molecule has 0 radical (unpaired) electrons. The summed E-state index contributed by atoms with van der Waals surface area (Å²) in [4.78, 5) is 27.8. The van der Waals surface area contributed by atoms with E-state index < -0.39 is 6.04 Å². The van der Waals surface area contributed by atoms with Crippen molar-refractivity contribution in [3.05, 3.63) is 27.1 Å². The lowest BCUT2D eigenvalue weighted by atomic mass is 9.90. The van der Waals surface area contributed by atoms with Crippen LogP contribution in [-0.2, 0) is 11.2 Å². The highest BCUT2D eigenvalue weighted by Crippen LogP contribution is 2.33. The number of pyridine rings is 1. The molecule has 4 rings (SSSR count). The maximum atomic E-state index is 13.0. The summed E-state index contributed by atoms with van der Waals surface area (Å²) in [7, 11) is 0. The first-order valence-electron chi connectivity index (χ1n) is 10.0. The van der Waals surface area contributed by atoms with Crippen molar-refractivity contribution in [2.75, 3.05) is 19.7 Å². The van der Waals surface area contributed by atoms with Gasteiger partial charge in [-0.15, -0.1) is 0 Å². The van der Waals surface area contributed by atoms with Gasteiger partial charge in [-0.3, -0.25) is 14.2 Å². The molecule has 2 aliphatic heterocycles. The highest BCUT2D eigenvalue weighted by molar-refractivity contribution is 6.31. The Morgan fingerprint density at radius 3 is 2.58 bits per heavy atom. The Balaban J connectivity index is 1.56. The second-order valence-electron chi connectivity index (χ2n) is 7.88. The Bertz CT molecular complexity index is 733. The van der Waals surface area contributed by atoms with Crippen LogP contribution in [-0.4, -0.2) is 35.1 Å². The fraction of sp³-hybridized carbons (Fsp3) is 0.700. The molecule has 2 fully saturated rings. The SMILES string of the molecule is O=C([C@@H]1CCc2c(Cl)cc(OCC3CCCCC3)c(=O)n21)N1CCCC1. The van der Waals surface area contributed by atoms with Gasteiger partial charge in [-0.05, 0) is 44.4 Å². The smallest absolute Gasteiger partial charge is 0.293 e. The molecule has 1 amide bonds. The first kappa shape index (κ1) is 17.9. The maximum Gasteiger partial charge on any atom is 0.293 e. The molecule has 3 aliphatic rings. The molecule has 0 bridgehead atoms. The van der Waals surface area contributed by atoms with Crippen molar-refractivity contribution in [2.24, 2.45) is 5.92 Å². The number of fused-ring (bicyclic) bond motifs is 1. The number of hydrogen-bond donors (Lipinski definition) is 0. The summed E-state index contributed by atoms with van der Waals surface area (Å²) in [6.07, 6.45) is 9.51. The third-order valence-corrected chi connectivity index (χ3v) is 6.45. The first-order valence-corrected chi connectivity index (χ1v) is 10.4. The molecular weight excluding hydrogens is 352 g/mol. The van der Waals surface area contributed by atoms with Crippen LogP contribution in [0.3, 0.4) is 0 Å². The summed E-state index contributed by atoms with van der Waals surface area (Å²) < 4.78 is 7.50. The second kappa shape index (κ2) is 7.63. The molecule has 1 saturated heterocycles. The van der Waals surface area contributed by atoms with E-state index in [1.807, 2.05) is 4.90 Å². The van der Waals surface area contributed by atoms with E-state index in [1.54, 1.807) is 10.6 Å². The number of ether oxygens (including phenoxy) is 1. The van der Waals surface area contributed by atoms with Gasteiger partial charge < -0.3 is 9.64 Å². The highest BCUT2D eigenvalue weighted by atomic mass is 35.5. The first-order chi connectivity index (χ1) is 12.6. The molecule has 1 aromatic heterocycles. The van der Waals surface area contributed by atoms with Crippen LogP contribution in [0.2, 0.25) is 5.02 Å². The zero-order valence-corrected chi connectivity index (χ0v) is 16.0. The number of nitrogens with zero attached hydrogens (tertiary/aromatic N) is 2. The van der Waals surface area contributed by atoms with Crippen molar-refractivity contribution in [3.8, 4) is 5.75 Å². The molecule has 1 atom stereocenters. The lowest BCUT2D eigenvalue weighted by Crippen LogP contribution is -2.38. The van der Waals surface area contributed by atoms with Crippen LogP contribution >= 0.6 is 11.6 Å². The Hall–Kier alpha value is -1.49. The van der Waals surface area contributed by atoms with Gasteiger partial charge in [0.25, 0.3) is 5.56 Å². The lowest BCUT2D eigenvalue weighted by Gasteiger charge is -2.23. The molecule has 26 heavy (non-hydrogen) atoms. The van der Waals surface area contributed by atoms with E-state index in [-0.39, 0.29) is 11.5 Å². The average Bonchev–Trinajstić information content (AvgIpc) is 3.34. The molecule has 1 saturated carbocycles. The predicted octanol–water partition coefficient (Wildman–Crippen LogP) is 3.57. The summed E-state index contributed by atoms with van der Waals surface area (Å²) >= 11 is 6.43. The molecule has 0 spiro atoms. The van der Waals surface area contributed by atoms with Crippen molar-refractivity contribution in [1.29, 1.82) is 0 Å². The van der Waals surface area contributed by atoms with E-state index in [1.165, 1.54) is 19.3 Å². The number of amides is 1. The largest absolute Gasteiger partial charge is 0.488 e. The molecule has 142 valence electrons. The summed E-state index contributed by atoms with van der Waals surface area (Å²) in [6, 6.07) is 1.23. The van der Waals surface area contributed by atoms with Gasteiger partial charge in [0.05, 0.1) is 11.6 Å². The zero-order chi connectivity index (χ0) is 18.1. The predicted molar refractivity (Wildman–Crippen MR) is 101 cm³/mol. The molecular formula is C20H27ClN2O3. The number of carbonyl (C=O) groups excluding carboxylic acids is 1. The van der Waals surface area contributed by atoms with Crippen LogP contribution in [0.15, 0.2) is 10.9 Å².